The van der Waals surface area contributed by atoms with Crippen LogP contribution in [-0.2, 0) is 0 Å². The average molecular weight is 326 g/mol. The van der Waals surface area contributed by atoms with Crippen molar-refractivity contribution in [2.75, 3.05) is 5.32 Å². The average Bonchev–Trinajstić information content (AvgIpc) is 2.35. The van der Waals surface area contributed by atoms with E-state index in [-0.39, 0.29) is 0 Å². The van der Waals surface area contributed by atoms with Gasteiger partial charge in [0, 0.05) is 11.4 Å². The second-order valence-electron chi connectivity index (χ2n) is 7.65. The van der Waals surface area contributed by atoms with Crippen LogP contribution in [0.4, 0.5) is 11.4 Å². The molecule has 0 heterocycles. The molecule has 0 saturated heterocycles. The van der Waals surface area contributed by atoms with Gasteiger partial charge in [-0.15, -0.1) is 0 Å². The summed E-state index contributed by atoms with van der Waals surface area (Å²) in [6, 6.07) is 13.7. The highest BCUT2D eigenvalue weighted by molar-refractivity contribution is 6.75. The molecule has 2 rings (SSSR count). The third kappa shape index (κ3) is 4.71. The van der Waals surface area contributed by atoms with E-state index in [1.54, 1.807) is 5.19 Å². The highest BCUT2D eigenvalue weighted by Crippen LogP contribution is 2.24. The molecule has 2 aromatic rings. The van der Waals surface area contributed by atoms with Gasteiger partial charge in [0.05, 0.1) is 8.80 Å². The molecule has 0 aliphatic rings. The number of hydrogen-bond acceptors (Lipinski definition) is 1. The Labute approximate surface area is 143 Å². The van der Waals surface area contributed by atoms with Gasteiger partial charge in [0.15, 0.2) is 0 Å². The molecule has 0 fully saturated rings. The molecule has 2 heteroatoms. The number of benzene rings is 2. The minimum absolute atomic E-state index is 0.783. The summed E-state index contributed by atoms with van der Waals surface area (Å²) in [7, 11) is -0.962. The summed E-state index contributed by atoms with van der Waals surface area (Å²) in [5.74, 6) is 0. The van der Waals surface area contributed by atoms with Crippen LogP contribution < -0.4 is 10.5 Å². The first-order chi connectivity index (χ1) is 10.8. The molecule has 0 spiro atoms. The molecule has 23 heavy (non-hydrogen) atoms. The molecule has 0 aliphatic carbocycles. The molecule has 0 aliphatic heterocycles. The topological polar surface area (TPSA) is 12.0 Å². The summed E-state index contributed by atoms with van der Waals surface area (Å²) < 4.78 is 0. The summed E-state index contributed by atoms with van der Waals surface area (Å²) in [6.45, 7) is 16.1. The van der Waals surface area contributed by atoms with Gasteiger partial charge in [-0.1, -0.05) is 45.0 Å². The van der Waals surface area contributed by atoms with Crippen LogP contribution in [-0.4, -0.2) is 8.80 Å². The molecule has 0 saturated carbocycles. The zero-order chi connectivity index (χ0) is 17.1. The van der Waals surface area contributed by atoms with Crippen molar-refractivity contribution >= 4 is 25.4 Å². The smallest absolute Gasteiger partial charge is 0.0759 e. The maximum Gasteiger partial charge on any atom is 0.0759 e. The minimum Gasteiger partial charge on any atom is -0.356 e. The van der Waals surface area contributed by atoms with Crippen LogP contribution in [0.15, 0.2) is 36.4 Å². The summed E-state index contributed by atoms with van der Waals surface area (Å²) in [4.78, 5) is 0. The van der Waals surface area contributed by atoms with E-state index < -0.39 is 8.80 Å². The maximum absolute atomic E-state index is 3.62. The van der Waals surface area contributed by atoms with Gasteiger partial charge in [0.25, 0.3) is 0 Å². The third-order valence-electron chi connectivity index (χ3n) is 4.43. The standard InChI is InChI=1S/C21H31NSi/c1-14(2)23(15(3)4)21-12-18(7)11-20(13-21)22-19-9-16(5)8-17(6)10-19/h8-15,22-23H,1-7H3. The summed E-state index contributed by atoms with van der Waals surface area (Å²) >= 11 is 0. The Morgan fingerprint density at radius 2 is 1.09 bits per heavy atom. The molecule has 0 amide bonds. The van der Waals surface area contributed by atoms with Gasteiger partial charge in [0.2, 0.25) is 0 Å². The highest BCUT2D eigenvalue weighted by atomic mass is 28.3. The van der Waals surface area contributed by atoms with Gasteiger partial charge in [0.1, 0.15) is 0 Å². The first-order valence-electron chi connectivity index (χ1n) is 8.73. The lowest BCUT2D eigenvalue weighted by Gasteiger charge is -2.25. The summed E-state index contributed by atoms with van der Waals surface area (Å²) in [5.41, 5.74) is 7.94. The Kier molecular flexibility index (Phi) is 5.69. The van der Waals surface area contributed by atoms with Crippen molar-refractivity contribution in [1.82, 2.24) is 0 Å². The van der Waals surface area contributed by atoms with Gasteiger partial charge in [-0.05, 0) is 72.8 Å². The fourth-order valence-electron chi connectivity index (χ4n) is 3.83. The van der Waals surface area contributed by atoms with E-state index in [2.05, 4.69) is 90.2 Å². The van der Waals surface area contributed by atoms with Crippen molar-refractivity contribution in [3.8, 4) is 0 Å². The molecule has 0 unspecified atom stereocenters. The van der Waals surface area contributed by atoms with E-state index >= 15 is 0 Å². The van der Waals surface area contributed by atoms with Crippen molar-refractivity contribution in [1.29, 1.82) is 0 Å². The van der Waals surface area contributed by atoms with Crippen molar-refractivity contribution in [3.63, 3.8) is 0 Å². The van der Waals surface area contributed by atoms with E-state index in [9.17, 15) is 0 Å². The zero-order valence-corrected chi connectivity index (χ0v) is 16.9. The quantitative estimate of drug-likeness (QED) is 0.705. The van der Waals surface area contributed by atoms with Crippen molar-refractivity contribution in [2.45, 2.75) is 59.5 Å². The maximum atomic E-state index is 3.62. The molecule has 0 radical (unpaired) electrons. The monoisotopic (exact) mass is 325 g/mol. The molecular formula is C21H31NSi. The molecule has 0 aromatic heterocycles. The molecular weight excluding hydrogens is 294 g/mol. The Bertz CT molecular complexity index is 645. The van der Waals surface area contributed by atoms with E-state index in [1.807, 2.05) is 0 Å². The lowest BCUT2D eigenvalue weighted by molar-refractivity contribution is 0.951. The van der Waals surface area contributed by atoms with Gasteiger partial charge < -0.3 is 5.32 Å². The number of anilines is 2. The number of aryl methyl sites for hydroxylation is 3. The zero-order valence-electron chi connectivity index (χ0n) is 15.7. The number of rotatable bonds is 5. The molecule has 2 aromatic carbocycles. The lowest BCUT2D eigenvalue weighted by Crippen LogP contribution is -2.36. The lowest BCUT2D eigenvalue weighted by atomic mass is 10.1. The number of nitrogens with one attached hydrogen (secondary N) is 1. The minimum atomic E-state index is -0.962. The first kappa shape index (κ1) is 17.8. The predicted molar refractivity (Wildman–Crippen MR) is 107 cm³/mol. The number of hydrogen-bond donors (Lipinski definition) is 1. The van der Waals surface area contributed by atoms with Gasteiger partial charge >= 0.3 is 0 Å². The second-order valence-corrected chi connectivity index (χ2v) is 12.0. The van der Waals surface area contributed by atoms with E-state index in [1.165, 1.54) is 28.1 Å². The Balaban J connectivity index is 2.36. The van der Waals surface area contributed by atoms with Crippen LogP contribution in [0.25, 0.3) is 0 Å². The van der Waals surface area contributed by atoms with Crippen LogP contribution in [0.3, 0.4) is 0 Å². The van der Waals surface area contributed by atoms with E-state index in [0.29, 0.717) is 0 Å². The van der Waals surface area contributed by atoms with Gasteiger partial charge in [-0.25, -0.2) is 0 Å². The van der Waals surface area contributed by atoms with E-state index in [4.69, 9.17) is 0 Å². The van der Waals surface area contributed by atoms with Gasteiger partial charge in [-0.2, -0.15) is 0 Å². The third-order valence-corrected chi connectivity index (χ3v) is 8.41. The van der Waals surface area contributed by atoms with Crippen LogP contribution in [0.2, 0.25) is 11.1 Å². The van der Waals surface area contributed by atoms with Crippen LogP contribution >= 0.6 is 0 Å². The van der Waals surface area contributed by atoms with Crippen molar-refractivity contribution < 1.29 is 0 Å². The SMILES string of the molecule is Cc1cc(C)cc(Nc2cc(C)cc([SiH](C(C)C)C(C)C)c2)c1. The predicted octanol–water partition coefficient (Wildman–Crippen LogP) is 5.61. The fourth-order valence-corrected chi connectivity index (χ4v) is 7.74. The summed E-state index contributed by atoms with van der Waals surface area (Å²) in [6.07, 6.45) is 0. The van der Waals surface area contributed by atoms with E-state index in [0.717, 1.165) is 11.1 Å². The second kappa shape index (κ2) is 7.35. The fraction of sp³-hybridized carbons (Fsp3) is 0.429. The molecule has 1 nitrogen and oxygen atoms in total. The Morgan fingerprint density at radius 1 is 0.652 bits per heavy atom. The van der Waals surface area contributed by atoms with Crippen LogP contribution in [0.1, 0.15) is 44.4 Å². The molecule has 1 N–H and O–H groups in total. The normalized spacial score (nSPS) is 11.6. The first-order valence-corrected chi connectivity index (χ1v) is 10.6. The molecule has 124 valence electrons. The molecule has 0 atom stereocenters. The highest BCUT2D eigenvalue weighted by Gasteiger charge is 2.22. The van der Waals surface area contributed by atoms with Crippen molar-refractivity contribution in [2.24, 2.45) is 0 Å². The Hall–Kier alpha value is -1.54. The van der Waals surface area contributed by atoms with Crippen LogP contribution in [0.5, 0.6) is 0 Å². The van der Waals surface area contributed by atoms with Gasteiger partial charge in [-0.3, -0.25) is 0 Å². The summed E-state index contributed by atoms with van der Waals surface area (Å²) in [5, 5.41) is 5.21. The Morgan fingerprint density at radius 3 is 1.57 bits per heavy atom. The van der Waals surface area contributed by atoms with Crippen LogP contribution in [0, 0.1) is 20.8 Å². The molecule has 0 bridgehead atoms. The largest absolute Gasteiger partial charge is 0.356 e. The van der Waals surface area contributed by atoms with Crippen molar-refractivity contribution in [3.05, 3.63) is 53.1 Å².